The highest BCUT2D eigenvalue weighted by Gasteiger charge is 2.33. The van der Waals surface area contributed by atoms with Crippen LogP contribution in [0, 0.1) is 0 Å². The number of hydrogen-bond acceptors (Lipinski definition) is 4. The van der Waals surface area contributed by atoms with E-state index in [0.29, 0.717) is 13.2 Å². The van der Waals surface area contributed by atoms with Crippen LogP contribution >= 0.6 is 0 Å². The lowest BCUT2D eigenvalue weighted by atomic mass is 10.0. The van der Waals surface area contributed by atoms with E-state index in [9.17, 15) is 4.79 Å². The van der Waals surface area contributed by atoms with Gasteiger partial charge in [0.1, 0.15) is 6.29 Å². The van der Waals surface area contributed by atoms with Gasteiger partial charge in [-0.15, -0.1) is 0 Å². The van der Waals surface area contributed by atoms with Crippen LogP contribution in [-0.2, 0) is 14.3 Å². The normalized spacial score (nSPS) is 19.5. The predicted molar refractivity (Wildman–Crippen MR) is 70.9 cm³/mol. The lowest BCUT2D eigenvalue weighted by molar-refractivity contribution is -0.164. The molecule has 0 spiro atoms. The Morgan fingerprint density at radius 3 is 2.61 bits per heavy atom. The molecule has 1 aliphatic rings. The van der Waals surface area contributed by atoms with Gasteiger partial charge in [-0.05, 0) is 43.5 Å². The largest absolute Gasteiger partial charge is 0.405 e. The summed E-state index contributed by atoms with van der Waals surface area (Å²) in [5, 5.41) is 0. The molecule has 0 bridgehead atoms. The summed E-state index contributed by atoms with van der Waals surface area (Å²) in [5.41, 5.74) is 6.00. The van der Waals surface area contributed by atoms with Crippen molar-refractivity contribution < 1.29 is 14.3 Å². The summed E-state index contributed by atoms with van der Waals surface area (Å²) < 4.78 is 11.3. The number of rotatable bonds is 8. The molecule has 0 radical (unpaired) electrons. The molecule has 0 aliphatic carbocycles. The van der Waals surface area contributed by atoms with Crippen molar-refractivity contribution in [3.05, 3.63) is 23.9 Å². The van der Waals surface area contributed by atoms with Gasteiger partial charge in [-0.2, -0.15) is 0 Å². The fourth-order valence-electron chi connectivity index (χ4n) is 2.11. The maximum Gasteiger partial charge on any atom is 0.168 e. The highest BCUT2D eigenvalue weighted by molar-refractivity contribution is 5.73. The van der Waals surface area contributed by atoms with E-state index >= 15 is 0 Å². The SMILES string of the molecule is CCC1(CCCC/C(C=O)=C\C=C\N)OCCO1. The Morgan fingerprint density at radius 1 is 1.33 bits per heavy atom. The average Bonchev–Trinajstić information content (AvgIpc) is 2.87. The minimum Gasteiger partial charge on any atom is -0.405 e. The highest BCUT2D eigenvalue weighted by Crippen LogP contribution is 2.29. The van der Waals surface area contributed by atoms with Crippen LogP contribution in [-0.4, -0.2) is 25.3 Å². The monoisotopic (exact) mass is 253 g/mol. The van der Waals surface area contributed by atoms with E-state index in [0.717, 1.165) is 44.0 Å². The zero-order valence-corrected chi connectivity index (χ0v) is 11.1. The Labute approximate surface area is 109 Å². The number of nitrogens with two attached hydrogens (primary N) is 1. The van der Waals surface area contributed by atoms with Gasteiger partial charge in [0.05, 0.1) is 13.2 Å². The molecule has 2 N–H and O–H groups in total. The Kier molecular flexibility index (Phi) is 6.68. The third-order valence-corrected chi connectivity index (χ3v) is 3.20. The first-order valence-corrected chi connectivity index (χ1v) is 6.57. The van der Waals surface area contributed by atoms with Gasteiger partial charge in [0, 0.05) is 6.42 Å². The second-order valence-corrected chi connectivity index (χ2v) is 4.41. The molecule has 1 saturated heterocycles. The van der Waals surface area contributed by atoms with E-state index in [1.807, 2.05) is 0 Å². The van der Waals surface area contributed by atoms with Gasteiger partial charge < -0.3 is 15.2 Å². The molecular weight excluding hydrogens is 230 g/mol. The fourth-order valence-corrected chi connectivity index (χ4v) is 2.11. The summed E-state index contributed by atoms with van der Waals surface area (Å²) in [6.45, 7) is 3.46. The van der Waals surface area contributed by atoms with Crippen LogP contribution < -0.4 is 5.73 Å². The van der Waals surface area contributed by atoms with Gasteiger partial charge in [0.15, 0.2) is 5.79 Å². The van der Waals surface area contributed by atoms with E-state index in [-0.39, 0.29) is 5.79 Å². The van der Waals surface area contributed by atoms with Crippen LogP contribution in [0.1, 0.15) is 39.0 Å². The quantitative estimate of drug-likeness (QED) is 0.312. The first kappa shape index (κ1) is 14.9. The van der Waals surface area contributed by atoms with E-state index in [4.69, 9.17) is 15.2 Å². The summed E-state index contributed by atoms with van der Waals surface area (Å²) in [7, 11) is 0. The van der Waals surface area contributed by atoms with Crippen LogP contribution in [0.3, 0.4) is 0 Å². The average molecular weight is 253 g/mol. The van der Waals surface area contributed by atoms with Crippen molar-refractivity contribution in [3.8, 4) is 0 Å². The highest BCUT2D eigenvalue weighted by atomic mass is 16.7. The van der Waals surface area contributed by atoms with Gasteiger partial charge in [-0.1, -0.05) is 13.0 Å². The number of carbonyl (C=O) groups is 1. The molecule has 0 amide bonds. The first-order chi connectivity index (χ1) is 8.76. The fraction of sp³-hybridized carbons (Fsp3) is 0.643. The number of ether oxygens (including phenoxy) is 2. The number of allylic oxidation sites excluding steroid dienone is 3. The minimum atomic E-state index is -0.373. The van der Waals surface area contributed by atoms with Crippen molar-refractivity contribution in [2.75, 3.05) is 13.2 Å². The summed E-state index contributed by atoms with van der Waals surface area (Å²) in [5.74, 6) is -0.373. The summed E-state index contributed by atoms with van der Waals surface area (Å²) in [6.07, 6.45) is 10.2. The predicted octanol–water partition coefficient (Wildman–Crippen LogP) is 2.30. The zero-order chi connectivity index (χ0) is 13.3. The van der Waals surface area contributed by atoms with Crippen molar-refractivity contribution in [1.29, 1.82) is 0 Å². The molecule has 1 heterocycles. The Balaban J connectivity index is 2.27. The van der Waals surface area contributed by atoms with Crippen LogP contribution in [0.25, 0.3) is 0 Å². The van der Waals surface area contributed by atoms with Gasteiger partial charge >= 0.3 is 0 Å². The van der Waals surface area contributed by atoms with Crippen LogP contribution in [0.4, 0.5) is 0 Å². The molecule has 0 aromatic carbocycles. The summed E-state index contributed by atoms with van der Waals surface area (Å²) in [4.78, 5) is 10.8. The van der Waals surface area contributed by atoms with Gasteiger partial charge in [0.25, 0.3) is 0 Å². The van der Waals surface area contributed by atoms with E-state index < -0.39 is 0 Å². The molecule has 18 heavy (non-hydrogen) atoms. The molecule has 0 atom stereocenters. The molecule has 0 aromatic heterocycles. The molecule has 1 fully saturated rings. The van der Waals surface area contributed by atoms with Gasteiger partial charge in [0.2, 0.25) is 0 Å². The van der Waals surface area contributed by atoms with Crippen molar-refractivity contribution >= 4 is 6.29 Å². The molecule has 4 nitrogen and oxygen atoms in total. The number of aldehydes is 1. The number of hydrogen-bond donors (Lipinski definition) is 1. The van der Waals surface area contributed by atoms with Crippen molar-refractivity contribution in [2.45, 2.75) is 44.8 Å². The lowest BCUT2D eigenvalue weighted by Crippen LogP contribution is -2.28. The molecule has 0 saturated carbocycles. The van der Waals surface area contributed by atoms with E-state index in [1.54, 1.807) is 12.2 Å². The molecule has 102 valence electrons. The third-order valence-electron chi connectivity index (χ3n) is 3.20. The molecule has 0 unspecified atom stereocenters. The molecule has 4 heteroatoms. The molecule has 0 aromatic rings. The Bertz CT molecular complexity index is 304. The maximum absolute atomic E-state index is 10.8. The first-order valence-electron chi connectivity index (χ1n) is 6.57. The maximum atomic E-state index is 10.8. The minimum absolute atomic E-state index is 0.373. The van der Waals surface area contributed by atoms with Gasteiger partial charge in [-0.3, -0.25) is 4.79 Å². The van der Waals surface area contributed by atoms with Crippen LogP contribution in [0.5, 0.6) is 0 Å². The van der Waals surface area contributed by atoms with Gasteiger partial charge in [-0.25, -0.2) is 0 Å². The smallest absolute Gasteiger partial charge is 0.168 e. The van der Waals surface area contributed by atoms with E-state index in [2.05, 4.69) is 6.92 Å². The summed E-state index contributed by atoms with van der Waals surface area (Å²) in [6, 6.07) is 0. The molecule has 1 aliphatic heterocycles. The van der Waals surface area contributed by atoms with Crippen molar-refractivity contribution in [2.24, 2.45) is 5.73 Å². The topological polar surface area (TPSA) is 61.6 Å². The van der Waals surface area contributed by atoms with Crippen molar-refractivity contribution in [1.82, 2.24) is 0 Å². The Morgan fingerprint density at radius 2 is 2.06 bits per heavy atom. The van der Waals surface area contributed by atoms with Crippen molar-refractivity contribution in [3.63, 3.8) is 0 Å². The number of carbonyl (C=O) groups excluding carboxylic acids is 1. The lowest BCUT2D eigenvalue weighted by Gasteiger charge is -2.25. The Hall–Kier alpha value is -1.13. The second-order valence-electron chi connectivity index (χ2n) is 4.41. The van der Waals surface area contributed by atoms with Crippen LogP contribution in [0.15, 0.2) is 23.9 Å². The summed E-state index contributed by atoms with van der Waals surface area (Å²) >= 11 is 0. The molecular formula is C14H23NO3. The molecule has 1 rings (SSSR count). The standard InChI is InChI=1S/C14H23NO3/c1-2-14(17-10-11-18-14)8-4-3-6-13(12-16)7-5-9-15/h5,7,9,12H,2-4,6,8,10-11,15H2,1H3/b9-5+,13-7+. The van der Waals surface area contributed by atoms with Crippen LogP contribution in [0.2, 0.25) is 0 Å². The number of unbranched alkanes of at least 4 members (excludes halogenated alkanes) is 1. The second kappa shape index (κ2) is 8.06. The third kappa shape index (κ3) is 4.63. The zero-order valence-electron chi connectivity index (χ0n) is 11.1. The van der Waals surface area contributed by atoms with E-state index in [1.165, 1.54) is 6.20 Å².